The third kappa shape index (κ3) is 2.95. The SMILES string of the molecule is Cc1noc(C)c1-c1[nH]c2ccc(F)cc2c1C(O)CCN(C)C. The summed E-state index contributed by atoms with van der Waals surface area (Å²) >= 11 is 0. The molecule has 128 valence electrons. The van der Waals surface area contributed by atoms with Gasteiger partial charge in [0.25, 0.3) is 0 Å². The number of aromatic amines is 1. The van der Waals surface area contributed by atoms with Crippen LogP contribution in [0.15, 0.2) is 22.7 Å². The van der Waals surface area contributed by atoms with Gasteiger partial charge in [0.05, 0.1) is 23.1 Å². The van der Waals surface area contributed by atoms with Crippen molar-refractivity contribution < 1.29 is 14.0 Å². The molecule has 2 aromatic heterocycles. The first-order valence-corrected chi connectivity index (χ1v) is 7.95. The number of aromatic nitrogens is 2. The van der Waals surface area contributed by atoms with Crippen LogP contribution >= 0.6 is 0 Å². The van der Waals surface area contributed by atoms with Gasteiger partial charge in [0.15, 0.2) is 0 Å². The van der Waals surface area contributed by atoms with Crippen LogP contribution in [0.1, 0.15) is 29.5 Å². The van der Waals surface area contributed by atoms with Gasteiger partial charge in [-0.25, -0.2) is 4.39 Å². The Balaban J connectivity index is 2.19. The van der Waals surface area contributed by atoms with E-state index in [0.717, 1.165) is 29.0 Å². The molecule has 1 unspecified atom stereocenters. The Hall–Kier alpha value is -2.18. The standard InChI is InChI=1S/C18H22FN3O2/c1-10-16(11(2)24-21-10)18-17(15(23)7-8-22(3)4)13-9-12(19)5-6-14(13)20-18/h5-6,9,15,20,23H,7-8H2,1-4H3. The van der Waals surface area contributed by atoms with Crippen molar-refractivity contribution in [3.63, 3.8) is 0 Å². The molecule has 0 spiro atoms. The number of aliphatic hydroxyl groups is 1. The highest BCUT2D eigenvalue weighted by atomic mass is 19.1. The summed E-state index contributed by atoms with van der Waals surface area (Å²) in [6.45, 7) is 4.41. The molecule has 2 N–H and O–H groups in total. The predicted octanol–water partition coefficient (Wildman–Crippen LogP) is 3.56. The second kappa shape index (κ2) is 6.37. The van der Waals surface area contributed by atoms with Crippen LogP contribution in [0.3, 0.4) is 0 Å². The Morgan fingerprint density at radius 2 is 2.08 bits per heavy atom. The van der Waals surface area contributed by atoms with Gasteiger partial charge in [-0.2, -0.15) is 0 Å². The molecule has 0 aliphatic heterocycles. The van der Waals surface area contributed by atoms with Crippen LogP contribution in [0.25, 0.3) is 22.2 Å². The van der Waals surface area contributed by atoms with Gasteiger partial charge >= 0.3 is 0 Å². The summed E-state index contributed by atoms with van der Waals surface area (Å²) in [4.78, 5) is 5.31. The fourth-order valence-electron chi connectivity index (χ4n) is 3.09. The Kier molecular flexibility index (Phi) is 4.43. The molecule has 0 aliphatic rings. The topological polar surface area (TPSA) is 65.3 Å². The van der Waals surface area contributed by atoms with E-state index >= 15 is 0 Å². The maximum atomic E-state index is 13.8. The second-order valence-corrected chi connectivity index (χ2v) is 6.41. The number of benzene rings is 1. The molecule has 1 atom stereocenters. The molecule has 3 aromatic rings. The van der Waals surface area contributed by atoms with E-state index in [-0.39, 0.29) is 5.82 Å². The van der Waals surface area contributed by atoms with Crippen LogP contribution < -0.4 is 0 Å². The first kappa shape index (κ1) is 16.7. The molecular formula is C18H22FN3O2. The molecule has 2 heterocycles. The Labute approximate surface area is 140 Å². The second-order valence-electron chi connectivity index (χ2n) is 6.41. The third-order valence-electron chi connectivity index (χ3n) is 4.27. The highest BCUT2D eigenvalue weighted by Gasteiger charge is 2.24. The molecule has 5 nitrogen and oxygen atoms in total. The zero-order chi connectivity index (χ0) is 17.4. The quantitative estimate of drug-likeness (QED) is 0.750. The lowest BCUT2D eigenvalue weighted by atomic mass is 9.98. The molecule has 0 aliphatic carbocycles. The van der Waals surface area contributed by atoms with E-state index in [1.54, 1.807) is 6.07 Å². The molecule has 0 amide bonds. The Bertz CT molecular complexity index is 847. The van der Waals surface area contributed by atoms with E-state index in [9.17, 15) is 9.50 Å². The van der Waals surface area contributed by atoms with Crippen molar-refractivity contribution in [2.24, 2.45) is 0 Å². The lowest BCUT2D eigenvalue weighted by Gasteiger charge is -2.16. The molecule has 0 saturated carbocycles. The molecule has 6 heteroatoms. The summed E-state index contributed by atoms with van der Waals surface area (Å²) in [5, 5.41) is 15.5. The van der Waals surface area contributed by atoms with E-state index in [1.165, 1.54) is 12.1 Å². The minimum Gasteiger partial charge on any atom is -0.388 e. The summed E-state index contributed by atoms with van der Waals surface area (Å²) in [6.07, 6.45) is -0.168. The van der Waals surface area contributed by atoms with Crippen molar-refractivity contribution in [2.45, 2.75) is 26.4 Å². The summed E-state index contributed by atoms with van der Waals surface area (Å²) in [6, 6.07) is 4.56. The van der Waals surface area contributed by atoms with Crippen LogP contribution in [0.5, 0.6) is 0 Å². The first-order chi connectivity index (χ1) is 11.4. The number of aliphatic hydroxyl groups excluding tert-OH is 1. The van der Waals surface area contributed by atoms with Crippen LogP contribution in [0.4, 0.5) is 4.39 Å². The number of hydrogen-bond donors (Lipinski definition) is 2. The number of fused-ring (bicyclic) bond motifs is 1. The lowest BCUT2D eigenvalue weighted by molar-refractivity contribution is 0.156. The maximum Gasteiger partial charge on any atom is 0.143 e. The van der Waals surface area contributed by atoms with Crippen molar-refractivity contribution in [1.82, 2.24) is 15.0 Å². The normalized spacial score (nSPS) is 13.1. The summed E-state index contributed by atoms with van der Waals surface area (Å²) in [5.74, 6) is 0.341. The van der Waals surface area contributed by atoms with Crippen LogP contribution in [-0.2, 0) is 0 Å². The molecule has 0 saturated heterocycles. The highest BCUT2D eigenvalue weighted by molar-refractivity contribution is 5.92. The van der Waals surface area contributed by atoms with Crippen molar-refractivity contribution >= 4 is 10.9 Å². The Morgan fingerprint density at radius 3 is 2.71 bits per heavy atom. The van der Waals surface area contributed by atoms with Crippen LogP contribution in [0, 0.1) is 19.7 Å². The monoisotopic (exact) mass is 331 g/mol. The zero-order valence-corrected chi connectivity index (χ0v) is 14.4. The van der Waals surface area contributed by atoms with Gasteiger partial charge in [-0.05, 0) is 52.6 Å². The van der Waals surface area contributed by atoms with Crippen molar-refractivity contribution in [3.8, 4) is 11.3 Å². The highest BCUT2D eigenvalue weighted by Crippen LogP contribution is 2.38. The number of hydrogen-bond acceptors (Lipinski definition) is 4. The third-order valence-corrected chi connectivity index (χ3v) is 4.27. The van der Waals surface area contributed by atoms with Gasteiger partial charge in [-0.3, -0.25) is 0 Å². The molecule has 1 aromatic carbocycles. The van der Waals surface area contributed by atoms with Crippen molar-refractivity contribution in [1.29, 1.82) is 0 Å². The number of nitrogens with one attached hydrogen (secondary N) is 1. The van der Waals surface area contributed by atoms with Gasteiger partial charge in [0, 0.05) is 23.0 Å². The first-order valence-electron chi connectivity index (χ1n) is 7.95. The molecule has 0 radical (unpaired) electrons. The van der Waals surface area contributed by atoms with Crippen molar-refractivity contribution in [2.75, 3.05) is 20.6 Å². The number of rotatable bonds is 5. The molecule has 24 heavy (non-hydrogen) atoms. The van der Waals surface area contributed by atoms with Gasteiger partial charge in [-0.1, -0.05) is 5.16 Å². The van der Waals surface area contributed by atoms with E-state index < -0.39 is 6.10 Å². The van der Waals surface area contributed by atoms with E-state index in [2.05, 4.69) is 10.1 Å². The number of nitrogens with zero attached hydrogens (tertiary/aromatic N) is 2. The predicted molar refractivity (Wildman–Crippen MR) is 91.4 cm³/mol. The number of halogens is 1. The summed E-state index contributed by atoms with van der Waals surface area (Å²) in [5.41, 5.74) is 3.79. The molecular weight excluding hydrogens is 309 g/mol. The van der Waals surface area contributed by atoms with E-state index in [1.807, 2.05) is 32.8 Å². The van der Waals surface area contributed by atoms with Gasteiger partial charge in [0.1, 0.15) is 11.6 Å². The number of aryl methyl sites for hydroxylation is 2. The van der Waals surface area contributed by atoms with Gasteiger partial charge in [-0.15, -0.1) is 0 Å². The fraction of sp³-hybridized carbons (Fsp3) is 0.389. The van der Waals surface area contributed by atoms with Crippen LogP contribution in [0.2, 0.25) is 0 Å². The summed E-state index contributed by atoms with van der Waals surface area (Å²) < 4.78 is 19.0. The average molecular weight is 331 g/mol. The molecule has 0 bridgehead atoms. The minimum absolute atomic E-state index is 0.326. The van der Waals surface area contributed by atoms with E-state index in [4.69, 9.17) is 4.52 Å². The van der Waals surface area contributed by atoms with Gasteiger partial charge < -0.3 is 19.5 Å². The maximum absolute atomic E-state index is 13.8. The number of H-pyrrole nitrogens is 1. The van der Waals surface area contributed by atoms with Gasteiger partial charge in [0.2, 0.25) is 0 Å². The summed E-state index contributed by atoms with van der Waals surface area (Å²) in [7, 11) is 3.91. The smallest absolute Gasteiger partial charge is 0.143 e. The zero-order valence-electron chi connectivity index (χ0n) is 14.4. The van der Waals surface area contributed by atoms with E-state index in [0.29, 0.717) is 23.1 Å². The lowest BCUT2D eigenvalue weighted by Crippen LogP contribution is -2.16. The van der Waals surface area contributed by atoms with Crippen molar-refractivity contribution in [3.05, 3.63) is 41.0 Å². The molecule has 0 fully saturated rings. The fourth-order valence-corrected chi connectivity index (χ4v) is 3.09. The minimum atomic E-state index is -0.716. The largest absolute Gasteiger partial charge is 0.388 e. The molecule has 3 rings (SSSR count). The van der Waals surface area contributed by atoms with Crippen LogP contribution in [-0.4, -0.2) is 40.8 Å². The average Bonchev–Trinajstić information content (AvgIpc) is 3.04. The Morgan fingerprint density at radius 1 is 1.33 bits per heavy atom.